The molecule has 49 heavy (non-hydrogen) atoms. The lowest BCUT2D eigenvalue weighted by atomic mass is 9.51. The number of unbranched alkanes of at least 4 members (excludes halogenated alkanes) is 2. The van der Waals surface area contributed by atoms with E-state index in [9.17, 15) is 46.6 Å². The molecule has 0 spiro atoms. The van der Waals surface area contributed by atoms with E-state index in [-0.39, 0.29) is 42.1 Å². The highest BCUT2D eigenvalue weighted by Crippen LogP contribution is 2.64. The summed E-state index contributed by atoms with van der Waals surface area (Å²) in [5.41, 5.74) is -1.47. The monoisotopic (exact) mass is 706 g/mol. The van der Waals surface area contributed by atoms with Crippen molar-refractivity contribution < 1.29 is 56.5 Å². The zero-order valence-electron chi connectivity index (χ0n) is 26.0. The molecule has 3 fully saturated rings. The second-order valence-corrected chi connectivity index (χ2v) is 13.5. The quantitative estimate of drug-likeness (QED) is 0.141. The van der Waals surface area contributed by atoms with Crippen molar-refractivity contribution in [3.8, 4) is 11.5 Å². The number of aromatic hydroxyl groups is 1. The normalized spacial score (nSPS) is 28.0. The Morgan fingerprint density at radius 1 is 1.02 bits per heavy atom. The Bertz CT molecular complexity index is 1800. The number of imide groups is 2. The first kappa shape index (κ1) is 34.4. The summed E-state index contributed by atoms with van der Waals surface area (Å²) < 4.78 is 58.0. The van der Waals surface area contributed by atoms with Gasteiger partial charge in [0.1, 0.15) is 17.3 Å². The van der Waals surface area contributed by atoms with Crippen LogP contribution in [0.25, 0.3) is 0 Å². The highest BCUT2D eigenvalue weighted by molar-refractivity contribution is 6.31. The SMILES string of the molecule is C[C@@]12C(=O)N(c3ccc(F)c(Cl)c3)C(=O)[C@@H]1C[C@@H]1C(=CC[C@@H]3C(=O)N(CCCCCC(=O)O)C(=O)[C@@H]31)[C@@H]2c1cc(OC(F)(F)F)ccc1O. The number of hydrogen-bond donors (Lipinski definition) is 2. The minimum absolute atomic E-state index is 0.0369. The molecule has 2 aromatic carbocycles. The molecule has 15 heteroatoms. The third-order valence-electron chi connectivity index (χ3n) is 10.3. The first-order valence-electron chi connectivity index (χ1n) is 15.7. The van der Waals surface area contributed by atoms with Crippen LogP contribution in [0.3, 0.4) is 0 Å². The zero-order chi connectivity index (χ0) is 35.6. The predicted octanol–water partition coefficient (Wildman–Crippen LogP) is 5.96. The van der Waals surface area contributed by atoms with E-state index in [1.54, 1.807) is 6.08 Å². The number of allylic oxidation sites excluding steroid dienone is 2. The van der Waals surface area contributed by atoms with Crippen LogP contribution < -0.4 is 9.64 Å². The van der Waals surface area contributed by atoms with Crippen molar-refractivity contribution in [3.05, 3.63) is 64.5 Å². The molecule has 260 valence electrons. The number of fused-ring (bicyclic) bond motifs is 4. The maximum Gasteiger partial charge on any atom is 0.573 e. The molecule has 4 amide bonds. The summed E-state index contributed by atoms with van der Waals surface area (Å²) in [6, 6.07) is 6.12. The van der Waals surface area contributed by atoms with Crippen LogP contribution >= 0.6 is 11.6 Å². The van der Waals surface area contributed by atoms with Gasteiger partial charge in [0.25, 0.3) is 0 Å². The topological polar surface area (TPSA) is 142 Å². The van der Waals surface area contributed by atoms with Gasteiger partial charge in [-0.25, -0.2) is 9.29 Å². The number of phenolic OH excluding ortho intramolecular Hbond substituents is 1. The first-order chi connectivity index (χ1) is 23.0. The fourth-order valence-corrected chi connectivity index (χ4v) is 8.37. The number of ether oxygens (including phenoxy) is 1. The smallest absolute Gasteiger partial charge is 0.508 e. The van der Waals surface area contributed by atoms with E-state index in [0.717, 1.165) is 40.1 Å². The van der Waals surface area contributed by atoms with Gasteiger partial charge in [-0.05, 0) is 74.9 Å². The summed E-state index contributed by atoms with van der Waals surface area (Å²) in [4.78, 5) is 69.0. The molecule has 0 aromatic heterocycles. The molecule has 0 unspecified atom stereocenters. The number of carbonyl (C=O) groups excluding carboxylic acids is 4. The van der Waals surface area contributed by atoms with E-state index in [1.165, 1.54) is 13.0 Å². The number of phenols is 1. The number of nitrogens with zero attached hydrogens (tertiary/aromatic N) is 2. The number of halogens is 5. The zero-order valence-corrected chi connectivity index (χ0v) is 26.8. The summed E-state index contributed by atoms with van der Waals surface area (Å²) in [5.74, 6) is -10.3. The fourth-order valence-electron chi connectivity index (χ4n) is 8.20. The van der Waals surface area contributed by atoms with Crippen molar-refractivity contribution in [1.82, 2.24) is 4.90 Å². The Morgan fingerprint density at radius 2 is 1.76 bits per heavy atom. The second kappa shape index (κ2) is 12.5. The van der Waals surface area contributed by atoms with Gasteiger partial charge in [-0.1, -0.05) is 29.7 Å². The number of hydrogen-bond acceptors (Lipinski definition) is 7. The first-order valence-corrected chi connectivity index (χ1v) is 16.1. The van der Waals surface area contributed by atoms with Gasteiger partial charge in [-0.3, -0.25) is 28.9 Å². The molecule has 2 saturated heterocycles. The van der Waals surface area contributed by atoms with Gasteiger partial charge in [0.15, 0.2) is 0 Å². The van der Waals surface area contributed by atoms with Crippen LogP contribution in [0, 0.1) is 34.9 Å². The Balaban J connectivity index is 1.43. The number of carbonyl (C=O) groups is 5. The summed E-state index contributed by atoms with van der Waals surface area (Å²) in [6.07, 6.45) is -2.27. The molecule has 2 heterocycles. The minimum Gasteiger partial charge on any atom is -0.508 e. The lowest BCUT2D eigenvalue weighted by molar-refractivity contribution is -0.274. The van der Waals surface area contributed by atoms with Crippen molar-refractivity contribution in [1.29, 1.82) is 0 Å². The molecular formula is C34H31ClF4N2O8. The van der Waals surface area contributed by atoms with Gasteiger partial charge in [0, 0.05) is 24.4 Å². The molecular weight excluding hydrogens is 676 g/mol. The molecule has 2 aromatic rings. The third kappa shape index (κ3) is 5.83. The number of amides is 4. The predicted molar refractivity (Wildman–Crippen MR) is 164 cm³/mol. The van der Waals surface area contributed by atoms with Gasteiger partial charge < -0.3 is 14.9 Å². The lowest BCUT2D eigenvalue weighted by Crippen LogP contribution is -2.49. The molecule has 4 aliphatic rings. The van der Waals surface area contributed by atoms with Gasteiger partial charge in [0.05, 0.1) is 33.9 Å². The van der Waals surface area contributed by atoms with E-state index in [0.29, 0.717) is 24.8 Å². The average molecular weight is 707 g/mol. The average Bonchev–Trinajstić information content (AvgIpc) is 3.38. The Morgan fingerprint density at radius 3 is 2.43 bits per heavy atom. The van der Waals surface area contributed by atoms with E-state index >= 15 is 0 Å². The summed E-state index contributed by atoms with van der Waals surface area (Å²) in [7, 11) is 0. The number of alkyl halides is 3. The lowest BCUT2D eigenvalue weighted by Gasteiger charge is -2.49. The van der Waals surface area contributed by atoms with Crippen molar-refractivity contribution in [2.24, 2.45) is 29.1 Å². The molecule has 10 nitrogen and oxygen atoms in total. The number of anilines is 1. The minimum atomic E-state index is -5.08. The largest absolute Gasteiger partial charge is 0.573 e. The number of benzene rings is 2. The maximum atomic E-state index is 14.4. The highest BCUT2D eigenvalue weighted by Gasteiger charge is 2.68. The second-order valence-electron chi connectivity index (χ2n) is 13.1. The molecule has 2 N–H and O–H groups in total. The maximum absolute atomic E-state index is 14.4. The van der Waals surface area contributed by atoms with Crippen molar-refractivity contribution in [2.75, 3.05) is 11.4 Å². The van der Waals surface area contributed by atoms with E-state index < -0.39 is 88.3 Å². The van der Waals surface area contributed by atoms with Crippen molar-refractivity contribution in [3.63, 3.8) is 0 Å². The molecule has 2 aliphatic heterocycles. The summed E-state index contributed by atoms with van der Waals surface area (Å²) >= 11 is 5.99. The molecule has 6 atom stereocenters. The van der Waals surface area contributed by atoms with E-state index in [4.69, 9.17) is 16.7 Å². The van der Waals surface area contributed by atoms with Crippen molar-refractivity contribution in [2.45, 2.75) is 57.7 Å². The highest BCUT2D eigenvalue weighted by atomic mass is 35.5. The number of carboxylic acid groups (broad SMARTS) is 1. The molecule has 0 radical (unpaired) electrons. The van der Waals surface area contributed by atoms with E-state index in [2.05, 4.69) is 4.74 Å². The van der Waals surface area contributed by atoms with Gasteiger partial charge in [0.2, 0.25) is 23.6 Å². The van der Waals surface area contributed by atoms with Crippen LogP contribution in [0.4, 0.5) is 23.2 Å². The Labute approximate surface area is 282 Å². The van der Waals surface area contributed by atoms with Crippen LogP contribution in [-0.4, -0.2) is 57.6 Å². The number of carboxylic acids is 1. The standard InChI is InChI=1S/C34H31ClF4N2O8/c1-33-22(30(46)41(32(33)48)16-6-10-24(36)23(35)13-16)15-20-18(28(33)21-14-17(7-11-25(21)42)49-34(37,38)39)8-9-19-27(20)31(47)40(29(19)45)12-4-2-3-5-26(43)44/h6-8,10-11,13-14,19-20,22,27-28,42H,2-5,9,12,15H2,1H3,(H,43,44)/t19-,20+,22-,27-,28+,33+/m0/s1. The number of aliphatic carboxylic acids is 1. The fraction of sp³-hybridized carbons (Fsp3) is 0.441. The summed E-state index contributed by atoms with van der Waals surface area (Å²) in [6.45, 7) is 1.53. The van der Waals surface area contributed by atoms with Crippen LogP contribution in [0.2, 0.25) is 5.02 Å². The van der Waals surface area contributed by atoms with Gasteiger partial charge >= 0.3 is 12.3 Å². The number of rotatable bonds is 9. The molecule has 2 aliphatic carbocycles. The van der Waals surface area contributed by atoms with E-state index in [1.807, 2.05) is 0 Å². The van der Waals surface area contributed by atoms with Crippen molar-refractivity contribution >= 4 is 46.9 Å². The van der Waals surface area contributed by atoms with Crippen LogP contribution in [0.15, 0.2) is 48.0 Å². The molecule has 1 saturated carbocycles. The Kier molecular flexibility index (Phi) is 8.74. The van der Waals surface area contributed by atoms with Crippen LogP contribution in [0.5, 0.6) is 11.5 Å². The molecule has 6 rings (SSSR count). The van der Waals surface area contributed by atoms with Gasteiger partial charge in [-0.15, -0.1) is 13.2 Å². The number of likely N-dealkylation sites (tertiary alicyclic amines) is 1. The Hall–Kier alpha value is -4.46. The van der Waals surface area contributed by atoms with Crippen LogP contribution in [0.1, 0.15) is 56.9 Å². The third-order valence-corrected chi connectivity index (χ3v) is 10.6. The van der Waals surface area contributed by atoms with Gasteiger partial charge in [-0.2, -0.15) is 0 Å². The molecule has 0 bridgehead atoms. The summed E-state index contributed by atoms with van der Waals surface area (Å²) in [5, 5.41) is 19.7. The van der Waals surface area contributed by atoms with Crippen LogP contribution in [-0.2, 0) is 24.0 Å².